The van der Waals surface area contributed by atoms with Gasteiger partial charge in [0.1, 0.15) is 5.69 Å². The highest BCUT2D eigenvalue weighted by Crippen LogP contribution is 2.23. The molecule has 5 nitrogen and oxygen atoms in total. The highest BCUT2D eigenvalue weighted by atomic mass is 32.1. The largest absolute Gasteiger partial charge is 0.390 e. The number of aryl methyl sites for hydroxylation is 1. The Labute approximate surface area is 135 Å². The van der Waals surface area contributed by atoms with Gasteiger partial charge in [-0.2, -0.15) is 0 Å². The average Bonchev–Trinajstić information content (AvgIpc) is 3.16. The van der Waals surface area contributed by atoms with Crippen molar-refractivity contribution in [3.8, 4) is 0 Å². The summed E-state index contributed by atoms with van der Waals surface area (Å²) in [5.74, 6) is 0.618. The summed E-state index contributed by atoms with van der Waals surface area (Å²) in [6.07, 6.45) is 5.48. The van der Waals surface area contributed by atoms with Crippen LogP contribution < -0.4 is 0 Å². The van der Waals surface area contributed by atoms with E-state index in [0.717, 1.165) is 26.1 Å². The highest BCUT2D eigenvalue weighted by molar-refractivity contribution is 7.11. The van der Waals surface area contributed by atoms with Crippen LogP contribution in [0.15, 0.2) is 18.3 Å². The quantitative estimate of drug-likeness (QED) is 0.887. The van der Waals surface area contributed by atoms with Crippen molar-refractivity contribution in [1.29, 1.82) is 0 Å². The number of nitrogens with zero attached hydrogens (tertiary/aromatic N) is 4. The van der Waals surface area contributed by atoms with Gasteiger partial charge in [0, 0.05) is 29.4 Å². The number of likely N-dealkylation sites (tertiary alicyclic amines) is 1. The number of piperidine rings is 1. The number of aromatic nitrogens is 3. The van der Waals surface area contributed by atoms with Crippen molar-refractivity contribution in [2.75, 3.05) is 13.1 Å². The number of aliphatic hydroxyl groups excluding tert-OH is 1. The lowest BCUT2D eigenvalue weighted by molar-refractivity contribution is 0.154. The lowest BCUT2D eigenvalue weighted by Gasteiger charge is -2.32. The fraction of sp³-hybridized carbons (Fsp3) is 0.625. The van der Waals surface area contributed by atoms with Gasteiger partial charge in [-0.05, 0) is 43.9 Å². The maximum Gasteiger partial charge on any atom is 0.108 e. The van der Waals surface area contributed by atoms with Crippen LogP contribution in [0.25, 0.3) is 0 Å². The second kappa shape index (κ2) is 7.35. The summed E-state index contributed by atoms with van der Waals surface area (Å²) in [5, 5.41) is 17.1. The Morgan fingerprint density at radius 2 is 2.23 bits per heavy atom. The van der Waals surface area contributed by atoms with Gasteiger partial charge in [-0.3, -0.25) is 9.58 Å². The van der Waals surface area contributed by atoms with E-state index in [1.54, 1.807) is 0 Å². The standard InChI is InChI=1S/C16H24N4OS/c1-2-15-5-6-16(22-15)11-19-7-3-4-13(8-19)9-20-10-14(12-21)17-18-20/h5-6,10,13,21H,2-4,7-9,11-12H2,1H3/t13-/m1/s1. The normalized spacial score (nSPS) is 19.6. The molecule has 6 heteroatoms. The van der Waals surface area contributed by atoms with Crippen molar-refractivity contribution in [2.24, 2.45) is 5.92 Å². The number of hydrogen-bond donors (Lipinski definition) is 1. The molecule has 2 aromatic rings. The van der Waals surface area contributed by atoms with Crippen LogP contribution in [0.2, 0.25) is 0 Å². The SMILES string of the molecule is CCc1ccc(CN2CCC[C@@H](Cn3cc(CO)nn3)C2)s1. The van der Waals surface area contributed by atoms with Gasteiger partial charge in [-0.25, -0.2) is 0 Å². The second-order valence-electron chi connectivity index (χ2n) is 6.05. The van der Waals surface area contributed by atoms with Gasteiger partial charge in [0.2, 0.25) is 0 Å². The van der Waals surface area contributed by atoms with Gasteiger partial charge in [0.15, 0.2) is 0 Å². The smallest absolute Gasteiger partial charge is 0.108 e. The van der Waals surface area contributed by atoms with E-state index in [0.29, 0.717) is 11.6 Å². The molecule has 0 saturated carbocycles. The molecule has 22 heavy (non-hydrogen) atoms. The predicted molar refractivity (Wildman–Crippen MR) is 87.6 cm³/mol. The molecule has 3 heterocycles. The first kappa shape index (κ1) is 15.6. The molecule has 1 atom stereocenters. The summed E-state index contributed by atoms with van der Waals surface area (Å²) < 4.78 is 1.88. The molecule has 1 aliphatic heterocycles. The van der Waals surface area contributed by atoms with Gasteiger partial charge < -0.3 is 5.11 Å². The first-order valence-electron chi connectivity index (χ1n) is 8.06. The van der Waals surface area contributed by atoms with Gasteiger partial charge in [0.25, 0.3) is 0 Å². The zero-order valence-electron chi connectivity index (χ0n) is 13.1. The van der Waals surface area contributed by atoms with Crippen LogP contribution in [0.3, 0.4) is 0 Å². The Morgan fingerprint density at radius 1 is 1.36 bits per heavy atom. The molecular formula is C16H24N4OS. The summed E-state index contributed by atoms with van der Waals surface area (Å²) in [6, 6.07) is 4.53. The lowest BCUT2D eigenvalue weighted by atomic mass is 9.98. The van der Waals surface area contributed by atoms with E-state index in [-0.39, 0.29) is 6.61 Å². The summed E-state index contributed by atoms with van der Waals surface area (Å²) in [4.78, 5) is 5.51. The fourth-order valence-electron chi connectivity index (χ4n) is 3.13. The minimum atomic E-state index is -0.0328. The Morgan fingerprint density at radius 3 is 2.95 bits per heavy atom. The van der Waals surface area contributed by atoms with Crippen molar-refractivity contribution >= 4 is 11.3 Å². The monoisotopic (exact) mass is 320 g/mol. The topological polar surface area (TPSA) is 54.2 Å². The summed E-state index contributed by atoms with van der Waals surface area (Å²) >= 11 is 1.94. The van der Waals surface area contributed by atoms with Crippen LogP contribution >= 0.6 is 11.3 Å². The molecule has 2 aromatic heterocycles. The molecule has 1 fully saturated rings. The second-order valence-corrected chi connectivity index (χ2v) is 7.31. The van der Waals surface area contributed by atoms with Gasteiger partial charge in [0.05, 0.1) is 12.8 Å². The Kier molecular flexibility index (Phi) is 5.23. The van der Waals surface area contributed by atoms with Gasteiger partial charge in [-0.1, -0.05) is 12.1 Å². The Hall–Kier alpha value is -1.24. The fourth-order valence-corrected chi connectivity index (χ4v) is 4.13. The molecule has 0 aromatic carbocycles. The van der Waals surface area contributed by atoms with Gasteiger partial charge >= 0.3 is 0 Å². The zero-order chi connectivity index (χ0) is 15.4. The third-order valence-electron chi connectivity index (χ3n) is 4.24. The average molecular weight is 320 g/mol. The number of rotatable bonds is 6. The third kappa shape index (κ3) is 3.94. The van der Waals surface area contributed by atoms with Crippen molar-refractivity contribution in [3.63, 3.8) is 0 Å². The molecule has 0 aliphatic carbocycles. The summed E-state index contributed by atoms with van der Waals surface area (Å²) in [6.45, 7) is 6.46. The first-order chi connectivity index (χ1) is 10.8. The number of aliphatic hydroxyl groups is 1. The Bertz CT molecular complexity index is 544. The van der Waals surface area contributed by atoms with Crippen LogP contribution in [0.4, 0.5) is 0 Å². The molecule has 0 unspecified atom stereocenters. The number of thiophene rings is 1. The zero-order valence-corrected chi connectivity index (χ0v) is 13.9. The van der Waals surface area contributed by atoms with E-state index >= 15 is 0 Å². The molecule has 1 N–H and O–H groups in total. The lowest BCUT2D eigenvalue weighted by Crippen LogP contribution is -2.36. The maximum absolute atomic E-state index is 9.06. The van der Waals surface area contributed by atoms with Crippen molar-refractivity contribution in [3.05, 3.63) is 33.8 Å². The van der Waals surface area contributed by atoms with E-state index in [1.165, 1.54) is 29.1 Å². The van der Waals surface area contributed by atoms with Gasteiger partial charge in [-0.15, -0.1) is 16.4 Å². The van der Waals surface area contributed by atoms with Crippen molar-refractivity contribution in [2.45, 2.75) is 45.9 Å². The minimum Gasteiger partial charge on any atom is -0.390 e. The van der Waals surface area contributed by atoms with E-state index in [1.807, 2.05) is 22.2 Å². The van der Waals surface area contributed by atoms with Crippen LogP contribution in [0.1, 0.15) is 35.2 Å². The third-order valence-corrected chi connectivity index (χ3v) is 5.46. The first-order valence-corrected chi connectivity index (χ1v) is 8.88. The van der Waals surface area contributed by atoms with E-state index in [2.05, 4.69) is 34.3 Å². The predicted octanol–water partition coefficient (Wildman–Crippen LogP) is 2.31. The molecule has 120 valence electrons. The summed E-state index contributed by atoms with van der Waals surface area (Å²) in [5.41, 5.74) is 0.651. The van der Waals surface area contributed by atoms with E-state index in [9.17, 15) is 0 Å². The highest BCUT2D eigenvalue weighted by Gasteiger charge is 2.21. The molecule has 3 rings (SSSR count). The number of hydrogen-bond acceptors (Lipinski definition) is 5. The molecular weight excluding hydrogens is 296 g/mol. The van der Waals surface area contributed by atoms with E-state index < -0.39 is 0 Å². The molecule has 0 amide bonds. The molecule has 0 radical (unpaired) electrons. The maximum atomic E-state index is 9.06. The molecule has 1 saturated heterocycles. The molecule has 0 spiro atoms. The molecule has 0 bridgehead atoms. The van der Waals surface area contributed by atoms with Crippen LogP contribution in [0, 0.1) is 5.92 Å². The van der Waals surface area contributed by atoms with Crippen LogP contribution in [-0.2, 0) is 26.1 Å². The summed E-state index contributed by atoms with van der Waals surface area (Å²) in [7, 11) is 0. The van der Waals surface area contributed by atoms with Crippen LogP contribution in [0.5, 0.6) is 0 Å². The Balaban J connectivity index is 1.54. The van der Waals surface area contributed by atoms with Crippen molar-refractivity contribution in [1.82, 2.24) is 19.9 Å². The van der Waals surface area contributed by atoms with Crippen LogP contribution in [-0.4, -0.2) is 38.1 Å². The minimum absolute atomic E-state index is 0.0328. The van der Waals surface area contributed by atoms with E-state index in [4.69, 9.17) is 5.11 Å². The van der Waals surface area contributed by atoms with Crippen molar-refractivity contribution < 1.29 is 5.11 Å². The molecule has 1 aliphatic rings.